The molecule has 3 rings (SSSR count). The Labute approximate surface area is 128 Å². The minimum absolute atomic E-state index is 0.000451. The molecule has 0 N–H and O–H groups in total. The zero-order chi connectivity index (χ0) is 16.5. The van der Waals surface area contributed by atoms with E-state index in [9.17, 15) is 18.0 Å². The summed E-state index contributed by atoms with van der Waals surface area (Å²) in [6.07, 6.45) is -3.71. The average molecular weight is 324 g/mol. The van der Waals surface area contributed by atoms with Crippen molar-refractivity contribution in [1.29, 1.82) is 0 Å². The highest BCUT2D eigenvalue weighted by Gasteiger charge is 2.63. The number of halogens is 3. The highest BCUT2D eigenvalue weighted by molar-refractivity contribution is 5.82. The lowest BCUT2D eigenvalue weighted by Gasteiger charge is -2.30. The summed E-state index contributed by atoms with van der Waals surface area (Å²) in [7, 11) is 0. The number of carbonyl (C=O) groups is 1. The van der Waals surface area contributed by atoms with Crippen LogP contribution in [0.2, 0.25) is 0 Å². The molecule has 4 nitrogen and oxygen atoms in total. The molecular weight excluding hydrogens is 301 g/mol. The molecule has 5 unspecified atom stereocenters. The normalized spacial score (nSPS) is 40.2. The van der Waals surface area contributed by atoms with E-state index in [-0.39, 0.29) is 41.8 Å². The van der Waals surface area contributed by atoms with Crippen molar-refractivity contribution in [3.63, 3.8) is 0 Å². The topological polar surface area (TPSA) is 51.4 Å². The molecule has 0 aromatic heterocycles. The van der Waals surface area contributed by atoms with Crippen molar-refractivity contribution in [3.8, 4) is 0 Å². The van der Waals surface area contributed by atoms with Gasteiger partial charge in [-0.25, -0.2) is 0 Å². The monoisotopic (exact) mass is 324 g/mol. The summed E-state index contributed by atoms with van der Waals surface area (Å²) in [6.45, 7) is 6.11. The molecule has 0 aromatic carbocycles. The van der Waals surface area contributed by atoms with E-state index in [0.717, 1.165) is 0 Å². The zero-order valence-electron chi connectivity index (χ0n) is 13.1. The van der Waals surface area contributed by atoms with Crippen molar-refractivity contribution in [2.75, 3.05) is 13.2 Å². The number of hydrogen-bond donors (Lipinski definition) is 0. The molecule has 7 heteroatoms. The first-order chi connectivity index (χ1) is 10.3. The van der Waals surface area contributed by atoms with Crippen LogP contribution in [-0.2, 0) is 19.0 Å². The Kier molecular flexibility index (Phi) is 5.19. The molecule has 3 fully saturated rings. The van der Waals surface area contributed by atoms with Gasteiger partial charge in [-0.05, 0) is 12.8 Å². The van der Waals surface area contributed by atoms with Crippen LogP contribution < -0.4 is 0 Å². The number of carbonyl (C=O) groups excluding carboxylic acids is 1. The Morgan fingerprint density at radius 1 is 1.36 bits per heavy atom. The predicted molar refractivity (Wildman–Crippen MR) is 72.2 cm³/mol. The van der Waals surface area contributed by atoms with Gasteiger partial charge < -0.3 is 9.47 Å². The Bertz CT molecular complexity index is 406. The molecule has 0 radical (unpaired) electrons. The van der Waals surface area contributed by atoms with Crippen LogP contribution in [0.1, 0.15) is 40.0 Å². The minimum atomic E-state index is -4.60. The van der Waals surface area contributed by atoms with Crippen LogP contribution in [-0.4, -0.2) is 43.2 Å². The van der Waals surface area contributed by atoms with Crippen molar-refractivity contribution in [2.45, 2.75) is 64.2 Å². The van der Waals surface area contributed by atoms with Gasteiger partial charge in [0.1, 0.15) is 5.78 Å². The lowest BCUT2D eigenvalue weighted by atomic mass is 9.72. The maximum atomic E-state index is 11.9. The van der Waals surface area contributed by atoms with Crippen LogP contribution in [0, 0.1) is 11.8 Å². The van der Waals surface area contributed by atoms with Gasteiger partial charge in [-0.1, -0.05) is 20.8 Å². The summed E-state index contributed by atoms with van der Waals surface area (Å²) < 4.78 is 50.4. The van der Waals surface area contributed by atoms with E-state index < -0.39 is 13.0 Å². The van der Waals surface area contributed by atoms with Crippen molar-refractivity contribution >= 4 is 5.78 Å². The highest BCUT2D eigenvalue weighted by atomic mass is 19.4. The standard InChI is InChI=1S/C13H17F3O4.C2H6/c1-7-5-12(6-19-12)8(4-9(7)17)11-10(20-11)2-3-18-13(14,15)16;1-2/h7-8,10-11H,2-6H2,1H3;1-2H3. The first-order valence-electron chi connectivity index (χ1n) is 7.83. The van der Waals surface area contributed by atoms with E-state index >= 15 is 0 Å². The molecule has 128 valence electrons. The number of alkyl halides is 3. The molecule has 2 aliphatic heterocycles. The molecule has 5 atom stereocenters. The van der Waals surface area contributed by atoms with E-state index in [1.54, 1.807) is 0 Å². The van der Waals surface area contributed by atoms with Gasteiger partial charge in [-0.3, -0.25) is 9.53 Å². The quantitative estimate of drug-likeness (QED) is 0.746. The maximum Gasteiger partial charge on any atom is 0.522 e. The molecule has 2 saturated heterocycles. The van der Waals surface area contributed by atoms with E-state index in [4.69, 9.17) is 9.47 Å². The number of ether oxygens (including phenoxy) is 3. The summed E-state index contributed by atoms with van der Waals surface area (Å²) in [6, 6.07) is 0. The fourth-order valence-corrected chi connectivity index (χ4v) is 3.26. The summed E-state index contributed by atoms with van der Waals surface area (Å²) in [5, 5.41) is 0. The second kappa shape index (κ2) is 6.45. The molecule has 0 aromatic rings. The van der Waals surface area contributed by atoms with Crippen LogP contribution in [0.4, 0.5) is 13.2 Å². The van der Waals surface area contributed by atoms with Crippen LogP contribution in [0.3, 0.4) is 0 Å². The first kappa shape index (κ1) is 17.7. The van der Waals surface area contributed by atoms with E-state index in [2.05, 4.69) is 4.74 Å². The van der Waals surface area contributed by atoms with Gasteiger partial charge >= 0.3 is 6.36 Å². The smallest absolute Gasteiger partial charge is 0.369 e. The Morgan fingerprint density at radius 2 is 2.00 bits per heavy atom. The largest absolute Gasteiger partial charge is 0.522 e. The SMILES string of the molecule is CC.CC1CC2(CO2)C(C2OC2CCOC(F)(F)F)CC1=O. The number of hydrogen-bond acceptors (Lipinski definition) is 4. The Morgan fingerprint density at radius 3 is 2.55 bits per heavy atom. The predicted octanol–water partition coefficient (Wildman–Crippen LogP) is 3.09. The third-order valence-corrected chi connectivity index (χ3v) is 4.50. The molecule has 3 aliphatic rings. The average Bonchev–Trinajstić information content (AvgIpc) is 3.34. The Balaban J connectivity index is 0.000000847. The fraction of sp³-hybridized carbons (Fsp3) is 0.933. The molecular formula is C15H23F3O4. The molecule has 1 aliphatic carbocycles. The lowest BCUT2D eigenvalue weighted by Crippen LogP contribution is -2.40. The maximum absolute atomic E-state index is 11.9. The Hall–Kier alpha value is -0.660. The van der Waals surface area contributed by atoms with Crippen molar-refractivity contribution in [3.05, 3.63) is 0 Å². The molecule has 22 heavy (non-hydrogen) atoms. The minimum Gasteiger partial charge on any atom is -0.369 e. The molecule has 0 amide bonds. The highest BCUT2D eigenvalue weighted by Crippen LogP contribution is 2.53. The van der Waals surface area contributed by atoms with Crippen molar-refractivity contribution in [2.24, 2.45) is 11.8 Å². The summed E-state index contributed by atoms with van der Waals surface area (Å²) >= 11 is 0. The summed E-state index contributed by atoms with van der Waals surface area (Å²) in [5.41, 5.74) is -0.266. The number of ketones is 1. The van der Waals surface area contributed by atoms with Crippen LogP contribution in [0.5, 0.6) is 0 Å². The van der Waals surface area contributed by atoms with Gasteiger partial charge in [0, 0.05) is 18.3 Å². The first-order valence-corrected chi connectivity index (χ1v) is 7.83. The molecule has 0 bridgehead atoms. The number of Topliss-reactive ketones (excluding diaryl/α,β-unsaturated/α-hetero) is 1. The van der Waals surface area contributed by atoms with E-state index in [0.29, 0.717) is 19.4 Å². The van der Waals surface area contributed by atoms with E-state index in [1.807, 2.05) is 20.8 Å². The molecule has 1 saturated carbocycles. The molecule has 2 heterocycles. The van der Waals surface area contributed by atoms with Gasteiger partial charge in [0.15, 0.2) is 0 Å². The van der Waals surface area contributed by atoms with Gasteiger partial charge in [0.05, 0.1) is 31.0 Å². The second-order valence-electron chi connectivity index (χ2n) is 5.96. The fourth-order valence-electron chi connectivity index (χ4n) is 3.26. The van der Waals surface area contributed by atoms with Gasteiger partial charge in [-0.15, -0.1) is 13.2 Å². The third-order valence-electron chi connectivity index (χ3n) is 4.50. The molecule has 1 spiro atoms. The van der Waals surface area contributed by atoms with Crippen molar-refractivity contribution < 1.29 is 32.2 Å². The lowest BCUT2D eigenvalue weighted by molar-refractivity contribution is -0.324. The number of rotatable bonds is 4. The van der Waals surface area contributed by atoms with Gasteiger partial charge in [0.2, 0.25) is 0 Å². The van der Waals surface area contributed by atoms with Crippen molar-refractivity contribution in [1.82, 2.24) is 0 Å². The summed E-state index contributed by atoms with van der Waals surface area (Å²) in [5.74, 6) is 0.179. The summed E-state index contributed by atoms with van der Waals surface area (Å²) in [4.78, 5) is 11.8. The van der Waals surface area contributed by atoms with E-state index in [1.165, 1.54) is 0 Å². The third kappa shape index (κ3) is 4.00. The van der Waals surface area contributed by atoms with Crippen LogP contribution >= 0.6 is 0 Å². The van der Waals surface area contributed by atoms with Gasteiger partial charge in [-0.2, -0.15) is 0 Å². The van der Waals surface area contributed by atoms with Crippen LogP contribution in [0.15, 0.2) is 0 Å². The number of epoxide rings is 2. The second-order valence-corrected chi connectivity index (χ2v) is 5.96. The van der Waals surface area contributed by atoms with Crippen LogP contribution in [0.25, 0.3) is 0 Å². The van der Waals surface area contributed by atoms with Gasteiger partial charge in [0.25, 0.3) is 0 Å². The zero-order valence-corrected chi connectivity index (χ0v) is 13.1.